The van der Waals surface area contributed by atoms with Crippen LogP contribution in [0.3, 0.4) is 0 Å². The lowest BCUT2D eigenvalue weighted by Crippen LogP contribution is -2.46. The molecule has 0 aliphatic carbocycles. The van der Waals surface area contributed by atoms with E-state index in [4.69, 9.17) is 9.47 Å². The van der Waals surface area contributed by atoms with Crippen LogP contribution >= 0.6 is 15.9 Å². The zero-order valence-corrected chi connectivity index (χ0v) is 19.9. The molecular formula is C24H32BrN3O3. The summed E-state index contributed by atoms with van der Waals surface area (Å²) in [6.07, 6.45) is 0.501. The molecule has 2 aromatic rings. The van der Waals surface area contributed by atoms with Gasteiger partial charge in [-0.2, -0.15) is 0 Å². The monoisotopic (exact) mass is 489 g/mol. The van der Waals surface area contributed by atoms with Crippen molar-refractivity contribution in [1.29, 1.82) is 0 Å². The topological polar surface area (TPSA) is 66.0 Å². The van der Waals surface area contributed by atoms with Crippen LogP contribution in [0, 0.1) is 0 Å². The van der Waals surface area contributed by atoms with E-state index in [1.165, 1.54) is 5.56 Å². The van der Waals surface area contributed by atoms with Gasteiger partial charge in [-0.3, -0.25) is 10.3 Å². The Morgan fingerprint density at radius 3 is 2.45 bits per heavy atom. The van der Waals surface area contributed by atoms with Gasteiger partial charge in [0, 0.05) is 47.7 Å². The molecule has 2 heterocycles. The van der Waals surface area contributed by atoms with Crippen LogP contribution in [0.4, 0.5) is 0 Å². The zero-order chi connectivity index (χ0) is 22.0. The van der Waals surface area contributed by atoms with Crippen LogP contribution < -0.4 is 15.6 Å². The van der Waals surface area contributed by atoms with E-state index in [1.54, 1.807) is 6.07 Å². The quantitative estimate of drug-likeness (QED) is 0.570. The maximum Gasteiger partial charge on any atom is 0.124 e. The Balaban J connectivity index is 1.40. The number of nitrogens with zero attached hydrogens (tertiary/aromatic N) is 1. The van der Waals surface area contributed by atoms with Crippen molar-refractivity contribution in [2.75, 3.05) is 26.2 Å². The van der Waals surface area contributed by atoms with Gasteiger partial charge in [0.25, 0.3) is 0 Å². The Kier molecular flexibility index (Phi) is 7.19. The second-order valence-electron chi connectivity index (χ2n) is 8.72. The third-order valence-corrected chi connectivity index (χ3v) is 6.66. The molecule has 4 rings (SSSR count). The van der Waals surface area contributed by atoms with Crippen molar-refractivity contribution in [3.8, 4) is 11.5 Å². The van der Waals surface area contributed by atoms with Gasteiger partial charge in [-0.05, 0) is 44.5 Å². The first-order valence-electron chi connectivity index (χ1n) is 11.0. The molecule has 2 aliphatic heterocycles. The van der Waals surface area contributed by atoms with E-state index >= 15 is 0 Å². The SMILES string of the molecule is CC1CN(CCOc2ccc(C3NNC(C)C3c3ccc(Br)cc3)c(O)c2)CC(C)O1. The number of ether oxygens (including phenoxy) is 2. The molecule has 5 unspecified atom stereocenters. The molecular weight excluding hydrogens is 458 g/mol. The number of benzene rings is 2. The molecule has 0 amide bonds. The molecule has 0 aromatic heterocycles. The van der Waals surface area contributed by atoms with Gasteiger partial charge in [0.2, 0.25) is 0 Å². The fraction of sp³-hybridized carbons (Fsp3) is 0.500. The van der Waals surface area contributed by atoms with Gasteiger partial charge in [-0.25, -0.2) is 5.43 Å². The minimum absolute atomic E-state index is 0.0263. The van der Waals surface area contributed by atoms with Crippen molar-refractivity contribution in [2.24, 2.45) is 0 Å². The van der Waals surface area contributed by atoms with E-state index in [0.717, 1.165) is 29.7 Å². The van der Waals surface area contributed by atoms with Gasteiger partial charge in [0.15, 0.2) is 0 Å². The fourth-order valence-electron chi connectivity index (χ4n) is 4.76. The number of rotatable bonds is 6. The summed E-state index contributed by atoms with van der Waals surface area (Å²) in [7, 11) is 0. The molecule has 0 spiro atoms. The summed E-state index contributed by atoms with van der Waals surface area (Å²) in [6.45, 7) is 9.64. The highest BCUT2D eigenvalue weighted by Gasteiger charge is 2.36. The van der Waals surface area contributed by atoms with Crippen LogP contribution in [0.25, 0.3) is 0 Å². The first-order chi connectivity index (χ1) is 14.9. The third-order valence-electron chi connectivity index (χ3n) is 6.13. The van der Waals surface area contributed by atoms with E-state index in [9.17, 15) is 5.11 Å². The molecule has 2 saturated heterocycles. The van der Waals surface area contributed by atoms with E-state index in [2.05, 4.69) is 76.7 Å². The average Bonchev–Trinajstić information content (AvgIpc) is 3.09. The Bertz CT molecular complexity index is 869. The summed E-state index contributed by atoms with van der Waals surface area (Å²) in [5.74, 6) is 1.15. The number of aromatic hydroxyl groups is 1. The first kappa shape index (κ1) is 22.6. The fourth-order valence-corrected chi connectivity index (χ4v) is 5.03. The summed E-state index contributed by atoms with van der Waals surface area (Å²) in [5, 5.41) is 10.8. The Labute approximate surface area is 193 Å². The van der Waals surface area contributed by atoms with Crippen LogP contribution in [0.1, 0.15) is 43.9 Å². The molecule has 2 aliphatic rings. The van der Waals surface area contributed by atoms with Crippen LogP contribution in [0.15, 0.2) is 46.9 Å². The number of morpholine rings is 1. The standard InChI is InChI=1S/C24H32BrN3O3/c1-15-13-28(14-16(2)31-15)10-11-30-20-8-9-21(22(29)12-20)24-23(17(3)26-27-24)18-4-6-19(25)7-5-18/h4-9,12,15-17,23-24,26-27,29H,10-11,13-14H2,1-3H3. The summed E-state index contributed by atoms with van der Waals surface area (Å²) >= 11 is 3.51. The van der Waals surface area contributed by atoms with Gasteiger partial charge in [-0.1, -0.05) is 34.1 Å². The minimum Gasteiger partial charge on any atom is -0.507 e. The van der Waals surface area contributed by atoms with Crippen molar-refractivity contribution in [3.05, 3.63) is 58.1 Å². The van der Waals surface area contributed by atoms with Crippen LogP contribution in [-0.2, 0) is 4.74 Å². The Morgan fingerprint density at radius 1 is 1.06 bits per heavy atom. The van der Waals surface area contributed by atoms with Crippen molar-refractivity contribution in [1.82, 2.24) is 15.8 Å². The normalized spacial score (nSPS) is 29.2. The lowest BCUT2D eigenvalue weighted by Gasteiger charge is -2.35. The summed E-state index contributed by atoms with van der Waals surface area (Å²) < 4.78 is 12.8. The van der Waals surface area contributed by atoms with E-state index < -0.39 is 0 Å². The molecule has 0 saturated carbocycles. The molecule has 6 nitrogen and oxygen atoms in total. The summed E-state index contributed by atoms with van der Waals surface area (Å²) in [5.41, 5.74) is 8.79. The van der Waals surface area contributed by atoms with E-state index in [0.29, 0.717) is 12.4 Å². The van der Waals surface area contributed by atoms with E-state index in [1.807, 2.05) is 12.1 Å². The van der Waals surface area contributed by atoms with Crippen molar-refractivity contribution < 1.29 is 14.6 Å². The molecule has 2 fully saturated rings. The zero-order valence-electron chi connectivity index (χ0n) is 18.3. The van der Waals surface area contributed by atoms with Gasteiger partial charge >= 0.3 is 0 Å². The number of hydrogen-bond donors (Lipinski definition) is 3. The van der Waals surface area contributed by atoms with Crippen LogP contribution in [-0.4, -0.2) is 54.5 Å². The van der Waals surface area contributed by atoms with Crippen molar-refractivity contribution in [2.45, 2.75) is 51.0 Å². The minimum atomic E-state index is -0.0263. The second-order valence-corrected chi connectivity index (χ2v) is 9.63. The second kappa shape index (κ2) is 9.88. The number of hydrazine groups is 1. The summed E-state index contributed by atoms with van der Waals surface area (Å²) in [4.78, 5) is 2.37. The largest absolute Gasteiger partial charge is 0.507 e. The maximum absolute atomic E-state index is 10.8. The highest BCUT2D eigenvalue weighted by molar-refractivity contribution is 9.10. The number of phenolic OH excluding ortho intramolecular Hbond substituents is 1. The molecule has 168 valence electrons. The highest BCUT2D eigenvalue weighted by Crippen LogP contribution is 2.41. The lowest BCUT2D eigenvalue weighted by molar-refractivity contribution is -0.0699. The van der Waals surface area contributed by atoms with Crippen molar-refractivity contribution >= 4 is 15.9 Å². The predicted octanol–water partition coefficient (Wildman–Crippen LogP) is 3.96. The number of nitrogens with one attached hydrogen (secondary N) is 2. The molecule has 31 heavy (non-hydrogen) atoms. The predicted molar refractivity (Wildman–Crippen MR) is 125 cm³/mol. The molecule has 0 bridgehead atoms. The molecule has 3 N–H and O–H groups in total. The molecule has 5 atom stereocenters. The Morgan fingerprint density at radius 2 is 1.77 bits per heavy atom. The maximum atomic E-state index is 10.8. The number of phenols is 1. The molecule has 0 radical (unpaired) electrons. The third kappa shape index (κ3) is 5.41. The van der Waals surface area contributed by atoms with Crippen molar-refractivity contribution in [3.63, 3.8) is 0 Å². The van der Waals surface area contributed by atoms with Crippen LogP contribution in [0.2, 0.25) is 0 Å². The van der Waals surface area contributed by atoms with Gasteiger partial charge < -0.3 is 14.6 Å². The molecule has 7 heteroatoms. The highest BCUT2D eigenvalue weighted by atomic mass is 79.9. The smallest absolute Gasteiger partial charge is 0.124 e. The number of halogens is 1. The van der Waals surface area contributed by atoms with Crippen LogP contribution in [0.5, 0.6) is 11.5 Å². The molecule has 2 aromatic carbocycles. The van der Waals surface area contributed by atoms with E-state index in [-0.39, 0.29) is 36.0 Å². The van der Waals surface area contributed by atoms with Gasteiger partial charge in [0.1, 0.15) is 18.1 Å². The first-order valence-corrected chi connectivity index (χ1v) is 11.8. The Hall–Kier alpha value is -1.64. The average molecular weight is 490 g/mol. The summed E-state index contributed by atoms with van der Waals surface area (Å²) in [6, 6.07) is 14.2. The number of hydrogen-bond acceptors (Lipinski definition) is 6. The lowest BCUT2D eigenvalue weighted by atomic mass is 9.84. The van der Waals surface area contributed by atoms with Gasteiger partial charge in [-0.15, -0.1) is 0 Å². The van der Waals surface area contributed by atoms with Gasteiger partial charge in [0.05, 0.1) is 18.2 Å².